The van der Waals surface area contributed by atoms with Gasteiger partial charge in [-0.2, -0.15) is 5.10 Å². The van der Waals surface area contributed by atoms with Gasteiger partial charge in [0.2, 0.25) is 0 Å². The zero-order chi connectivity index (χ0) is 26.9. The number of aliphatic hydroxyl groups is 1. The lowest BCUT2D eigenvalue weighted by Crippen LogP contribution is -2.43. The van der Waals surface area contributed by atoms with E-state index in [1.807, 2.05) is 49.4 Å². The van der Waals surface area contributed by atoms with Gasteiger partial charge in [0.15, 0.2) is 5.69 Å². The van der Waals surface area contributed by atoms with Gasteiger partial charge in [0.05, 0.1) is 18.8 Å². The van der Waals surface area contributed by atoms with Crippen LogP contribution in [0.25, 0.3) is 11.3 Å². The minimum Gasteiger partial charge on any atom is -0.395 e. The Morgan fingerprint density at radius 3 is 2.50 bits per heavy atom. The number of hydrogen-bond donors (Lipinski definition) is 2. The Morgan fingerprint density at radius 2 is 1.89 bits per heavy atom. The van der Waals surface area contributed by atoms with Crippen molar-refractivity contribution in [3.05, 3.63) is 101 Å². The van der Waals surface area contributed by atoms with Crippen LogP contribution in [0.15, 0.2) is 78.9 Å². The fraction of sp³-hybridized carbons (Fsp3) is 0.333. The van der Waals surface area contributed by atoms with Gasteiger partial charge in [-0.25, -0.2) is 13.5 Å². The first-order valence-electron chi connectivity index (χ1n) is 12.8. The molecule has 2 aromatic carbocycles. The first-order valence-corrected chi connectivity index (χ1v) is 12.8. The van der Waals surface area contributed by atoms with Crippen molar-refractivity contribution in [2.75, 3.05) is 19.7 Å². The molecule has 0 saturated carbocycles. The number of primary amides is 1. The lowest BCUT2D eigenvalue weighted by molar-refractivity contribution is 0.00919. The second-order valence-corrected chi connectivity index (χ2v) is 10.5. The quantitative estimate of drug-likeness (QED) is 0.458. The van der Waals surface area contributed by atoms with Crippen LogP contribution in [0.1, 0.15) is 40.2 Å². The first-order chi connectivity index (χ1) is 18.2. The summed E-state index contributed by atoms with van der Waals surface area (Å²) in [6.45, 7) is 1.65. The molecule has 5 rings (SSSR count). The largest absolute Gasteiger partial charge is 0.395 e. The van der Waals surface area contributed by atoms with Gasteiger partial charge in [0, 0.05) is 30.1 Å². The van der Waals surface area contributed by atoms with E-state index in [1.54, 1.807) is 15.6 Å². The van der Waals surface area contributed by atoms with Crippen LogP contribution in [0.2, 0.25) is 0 Å². The molecule has 38 heavy (non-hydrogen) atoms. The molecule has 0 radical (unpaired) electrons. The van der Waals surface area contributed by atoms with E-state index in [0.717, 1.165) is 28.1 Å². The van der Waals surface area contributed by atoms with Crippen molar-refractivity contribution in [1.82, 2.24) is 14.7 Å². The molecule has 2 aliphatic rings. The lowest BCUT2D eigenvalue weighted by Gasteiger charge is -2.38. The van der Waals surface area contributed by atoms with Crippen molar-refractivity contribution in [1.29, 1.82) is 0 Å². The van der Waals surface area contributed by atoms with Crippen molar-refractivity contribution >= 4 is 11.5 Å². The van der Waals surface area contributed by atoms with Gasteiger partial charge in [-0.1, -0.05) is 60.7 Å². The van der Waals surface area contributed by atoms with Gasteiger partial charge in [-0.3, -0.25) is 9.69 Å². The third-order valence-electron chi connectivity index (χ3n) is 7.54. The molecule has 3 aromatic rings. The molecule has 0 spiro atoms. The highest BCUT2D eigenvalue weighted by Gasteiger charge is 2.47. The number of rotatable bonds is 8. The number of carbonyl (C=O) groups excluding carboxylic acids is 1. The summed E-state index contributed by atoms with van der Waals surface area (Å²) in [6, 6.07) is 19.1. The number of benzene rings is 2. The Balaban J connectivity index is 1.41. The number of hydrogen-bond acceptors (Lipinski definition) is 4. The summed E-state index contributed by atoms with van der Waals surface area (Å²) < 4.78 is 30.3. The van der Waals surface area contributed by atoms with E-state index in [1.165, 1.54) is 0 Å². The van der Waals surface area contributed by atoms with Crippen molar-refractivity contribution in [2.24, 2.45) is 11.1 Å². The van der Waals surface area contributed by atoms with Gasteiger partial charge in [0.1, 0.15) is 0 Å². The van der Waals surface area contributed by atoms with Crippen LogP contribution in [-0.2, 0) is 6.42 Å². The number of carbonyl (C=O) groups is 1. The molecule has 0 bridgehead atoms. The molecule has 1 aliphatic carbocycles. The second kappa shape index (κ2) is 10.3. The maximum atomic E-state index is 14.3. The minimum absolute atomic E-state index is 0.208. The predicted octanol–water partition coefficient (Wildman–Crippen LogP) is 4.55. The van der Waals surface area contributed by atoms with Crippen molar-refractivity contribution in [3.63, 3.8) is 0 Å². The summed E-state index contributed by atoms with van der Waals surface area (Å²) in [7, 11) is 0. The Morgan fingerprint density at radius 1 is 1.16 bits per heavy atom. The monoisotopic (exact) mass is 518 g/mol. The summed E-state index contributed by atoms with van der Waals surface area (Å²) >= 11 is 0. The van der Waals surface area contributed by atoms with E-state index in [2.05, 4.69) is 35.5 Å². The molecule has 1 aliphatic heterocycles. The molecule has 1 saturated heterocycles. The van der Waals surface area contributed by atoms with Gasteiger partial charge in [-0.15, -0.1) is 0 Å². The van der Waals surface area contributed by atoms with E-state index >= 15 is 0 Å². The molecule has 2 heterocycles. The highest BCUT2D eigenvalue weighted by Crippen LogP contribution is 2.41. The predicted molar refractivity (Wildman–Crippen MR) is 143 cm³/mol. The smallest absolute Gasteiger partial charge is 0.269 e. The van der Waals surface area contributed by atoms with Crippen LogP contribution in [0.3, 0.4) is 0 Å². The zero-order valence-electron chi connectivity index (χ0n) is 21.4. The van der Waals surface area contributed by atoms with Crippen molar-refractivity contribution in [2.45, 2.75) is 38.2 Å². The van der Waals surface area contributed by atoms with Crippen LogP contribution in [0.4, 0.5) is 8.78 Å². The molecule has 3 N–H and O–H groups in total. The third kappa shape index (κ3) is 5.47. The minimum atomic E-state index is -2.80. The summed E-state index contributed by atoms with van der Waals surface area (Å²) in [6.07, 6.45) is 7.45. The Kier molecular flexibility index (Phi) is 7.03. The fourth-order valence-corrected chi connectivity index (χ4v) is 5.62. The van der Waals surface area contributed by atoms with Crippen LogP contribution >= 0.6 is 0 Å². The molecule has 1 aromatic heterocycles. The number of aryl methyl sites for hydroxylation is 1. The molecule has 1 amide bonds. The molecule has 2 atom stereocenters. The second-order valence-electron chi connectivity index (χ2n) is 10.5. The molecule has 198 valence electrons. The number of allylic oxidation sites excluding steroid dienone is 3. The normalized spacial score (nSPS) is 22.9. The van der Waals surface area contributed by atoms with Crippen LogP contribution in [-0.4, -0.2) is 57.4 Å². The number of likely N-dealkylation sites (tertiary alicyclic amines) is 1. The average molecular weight is 519 g/mol. The van der Waals surface area contributed by atoms with Crippen LogP contribution < -0.4 is 5.73 Å². The van der Waals surface area contributed by atoms with Gasteiger partial charge < -0.3 is 10.8 Å². The lowest BCUT2D eigenvalue weighted by atomic mass is 9.74. The van der Waals surface area contributed by atoms with E-state index in [-0.39, 0.29) is 25.3 Å². The maximum absolute atomic E-state index is 14.3. The average Bonchev–Trinajstić information content (AvgIpc) is 3.43. The third-order valence-corrected chi connectivity index (χ3v) is 7.54. The molecule has 1 fully saturated rings. The van der Waals surface area contributed by atoms with Gasteiger partial charge in [0.25, 0.3) is 11.8 Å². The first kappa shape index (κ1) is 26.0. The van der Waals surface area contributed by atoms with Gasteiger partial charge in [-0.05, 0) is 54.7 Å². The highest BCUT2D eigenvalue weighted by atomic mass is 19.3. The van der Waals surface area contributed by atoms with E-state index in [4.69, 9.17) is 5.73 Å². The standard InChI is InChI=1S/C30H32F2N4O2/c1-21-15-27(28(33)38)34-36(21)25-9-7-22(8-10-25)16-29(19-35-20-30(31,32)17-26(35)18-37)13-11-24(12-14-29)23-5-3-2-4-6-23/h2-13,15,26,37H,14,16-20H2,1H3,(H2,33,38)/t26?,29-/m1/s1. The van der Waals surface area contributed by atoms with Crippen LogP contribution in [0.5, 0.6) is 0 Å². The number of halogens is 2. The van der Waals surface area contributed by atoms with Gasteiger partial charge >= 0.3 is 0 Å². The summed E-state index contributed by atoms with van der Waals surface area (Å²) in [5, 5.41) is 14.1. The molecular formula is C30H32F2N4O2. The summed E-state index contributed by atoms with van der Waals surface area (Å²) in [4.78, 5) is 13.3. The Bertz CT molecular complexity index is 1360. The number of amides is 1. The number of nitrogens with zero attached hydrogens (tertiary/aromatic N) is 3. The SMILES string of the molecule is Cc1cc(C(N)=O)nn1-c1ccc(C[C@@]2(CN3CC(F)(F)CC3CO)C=CC(c3ccccc3)=CC2)cc1. The fourth-order valence-electron chi connectivity index (χ4n) is 5.62. The molecule has 1 unspecified atom stereocenters. The number of aromatic nitrogens is 2. The Hall–Kier alpha value is -3.62. The van der Waals surface area contributed by atoms with Crippen molar-refractivity contribution < 1.29 is 18.7 Å². The van der Waals surface area contributed by atoms with Crippen LogP contribution in [0, 0.1) is 12.3 Å². The van der Waals surface area contributed by atoms with Crippen molar-refractivity contribution in [3.8, 4) is 5.69 Å². The summed E-state index contributed by atoms with van der Waals surface area (Å²) in [5.74, 6) is -3.38. The van der Waals surface area contributed by atoms with E-state index < -0.39 is 23.3 Å². The molecular weight excluding hydrogens is 486 g/mol. The highest BCUT2D eigenvalue weighted by molar-refractivity contribution is 5.90. The number of alkyl halides is 2. The Labute approximate surface area is 221 Å². The molecule has 8 heteroatoms. The maximum Gasteiger partial charge on any atom is 0.269 e. The number of nitrogens with two attached hydrogens (primary N) is 1. The van der Waals surface area contributed by atoms with E-state index in [0.29, 0.717) is 19.4 Å². The zero-order valence-corrected chi connectivity index (χ0v) is 21.4. The number of aliphatic hydroxyl groups excluding tert-OH is 1. The summed E-state index contributed by atoms with van der Waals surface area (Å²) in [5.41, 5.74) is 10.1. The van der Waals surface area contributed by atoms with E-state index in [9.17, 15) is 18.7 Å². The molecule has 6 nitrogen and oxygen atoms in total. The topological polar surface area (TPSA) is 84.4 Å².